The third-order valence-electron chi connectivity index (χ3n) is 2.21. The molecule has 0 fully saturated rings. The molecule has 0 bridgehead atoms. The number of hydrogen-bond acceptors (Lipinski definition) is 2. The maximum absolute atomic E-state index is 13.1. The van der Waals surface area contributed by atoms with E-state index in [4.69, 9.17) is 10.8 Å². The van der Waals surface area contributed by atoms with Gasteiger partial charge in [0, 0.05) is 0 Å². The van der Waals surface area contributed by atoms with Gasteiger partial charge in [0.2, 0.25) is 0 Å². The molecule has 3 nitrogen and oxygen atoms in total. The summed E-state index contributed by atoms with van der Waals surface area (Å²) in [6, 6.07) is 1.89. The van der Waals surface area contributed by atoms with Gasteiger partial charge >= 0.3 is 5.97 Å². The molecule has 5 heteroatoms. The van der Waals surface area contributed by atoms with Gasteiger partial charge in [0.25, 0.3) is 0 Å². The van der Waals surface area contributed by atoms with Crippen LogP contribution in [0.3, 0.4) is 0 Å². The summed E-state index contributed by atoms with van der Waals surface area (Å²) in [6.07, 6.45) is 0.194. The highest BCUT2D eigenvalue weighted by Crippen LogP contribution is 2.23. The van der Waals surface area contributed by atoms with Gasteiger partial charge in [0.15, 0.2) is 0 Å². The molecule has 1 aromatic carbocycles. The first kappa shape index (κ1) is 12.1. The summed E-state index contributed by atoms with van der Waals surface area (Å²) in [7, 11) is 0. The van der Waals surface area contributed by atoms with E-state index in [0.717, 1.165) is 5.56 Å². The van der Waals surface area contributed by atoms with Crippen LogP contribution in [0, 0.1) is 12.7 Å². The molecule has 0 aromatic heterocycles. The molecule has 0 aliphatic carbocycles. The summed E-state index contributed by atoms with van der Waals surface area (Å²) in [5.74, 6) is -1.42. The van der Waals surface area contributed by atoms with Gasteiger partial charge in [0.1, 0.15) is 11.9 Å². The summed E-state index contributed by atoms with van der Waals surface area (Å²) in [5.41, 5.74) is 6.82. The van der Waals surface area contributed by atoms with E-state index >= 15 is 0 Å². The Hall–Kier alpha value is -0.940. The molecule has 1 aromatic rings. The number of hydrogen-bond donors (Lipinski definition) is 2. The quantitative estimate of drug-likeness (QED) is 0.885. The van der Waals surface area contributed by atoms with Gasteiger partial charge in [-0.05, 0) is 46.5 Å². The number of carboxylic acids is 1. The molecular formula is C10H11BrFNO2. The molecule has 0 heterocycles. The van der Waals surface area contributed by atoms with Crippen molar-refractivity contribution in [3.8, 4) is 0 Å². The van der Waals surface area contributed by atoms with Crippen LogP contribution in [-0.4, -0.2) is 17.1 Å². The fourth-order valence-electron chi connectivity index (χ4n) is 1.24. The van der Waals surface area contributed by atoms with Crippen molar-refractivity contribution in [1.82, 2.24) is 0 Å². The summed E-state index contributed by atoms with van der Waals surface area (Å²) < 4.78 is 13.4. The fourth-order valence-corrected chi connectivity index (χ4v) is 1.62. The molecule has 0 spiro atoms. The Morgan fingerprint density at radius 2 is 2.27 bits per heavy atom. The zero-order valence-corrected chi connectivity index (χ0v) is 9.71. The number of rotatable bonds is 3. The lowest BCUT2D eigenvalue weighted by Crippen LogP contribution is -2.32. The predicted octanol–water partition coefficient (Wildman–Crippen LogP) is 1.85. The summed E-state index contributed by atoms with van der Waals surface area (Å²) in [5, 5.41) is 8.65. The summed E-state index contributed by atoms with van der Waals surface area (Å²) >= 11 is 3.09. The van der Waals surface area contributed by atoms with Crippen molar-refractivity contribution < 1.29 is 14.3 Å². The standard InChI is InChI=1S/C10H11BrFNO2/c1-5-6(4-8(13)10(14)15)2-3-7(12)9(5)11/h2-3,8H,4,13H2,1H3,(H,14,15). The molecule has 0 aliphatic heterocycles. The first-order chi connectivity index (χ1) is 6.93. The first-order valence-corrected chi connectivity index (χ1v) is 5.14. The second kappa shape index (κ2) is 4.72. The minimum atomic E-state index is -1.06. The summed E-state index contributed by atoms with van der Waals surface area (Å²) in [4.78, 5) is 10.6. The smallest absolute Gasteiger partial charge is 0.320 e. The van der Waals surface area contributed by atoms with Gasteiger partial charge < -0.3 is 10.8 Å². The Labute approximate surface area is 95.2 Å². The van der Waals surface area contributed by atoms with Gasteiger partial charge in [-0.2, -0.15) is 0 Å². The second-order valence-corrected chi connectivity index (χ2v) is 4.09. The van der Waals surface area contributed by atoms with Gasteiger partial charge in [-0.25, -0.2) is 4.39 Å². The van der Waals surface area contributed by atoms with Crippen molar-refractivity contribution in [3.05, 3.63) is 33.5 Å². The van der Waals surface area contributed by atoms with Crippen LogP contribution >= 0.6 is 15.9 Å². The van der Waals surface area contributed by atoms with Crippen molar-refractivity contribution in [1.29, 1.82) is 0 Å². The average molecular weight is 276 g/mol. The lowest BCUT2D eigenvalue weighted by molar-refractivity contribution is -0.138. The van der Waals surface area contributed by atoms with Crippen molar-refractivity contribution in [3.63, 3.8) is 0 Å². The molecule has 1 atom stereocenters. The molecular weight excluding hydrogens is 265 g/mol. The molecule has 0 radical (unpaired) electrons. The minimum Gasteiger partial charge on any atom is -0.480 e. The molecule has 1 rings (SSSR count). The maximum Gasteiger partial charge on any atom is 0.320 e. The Bertz CT molecular complexity index is 395. The molecule has 1 unspecified atom stereocenters. The largest absolute Gasteiger partial charge is 0.480 e. The fraction of sp³-hybridized carbons (Fsp3) is 0.300. The van der Waals surface area contributed by atoms with E-state index in [2.05, 4.69) is 15.9 Å². The highest BCUT2D eigenvalue weighted by Gasteiger charge is 2.15. The SMILES string of the molecule is Cc1c(CC(N)C(=O)O)ccc(F)c1Br. The van der Waals surface area contributed by atoms with Crippen LogP contribution in [0.25, 0.3) is 0 Å². The molecule has 82 valence electrons. The normalized spacial score (nSPS) is 12.5. The van der Waals surface area contributed by atoms with Crippen LogP contribution in [0.15, 0.2) is 16.6 Å². The third kappa shape index (κ3) is 2.76. The van der Waals surface area contributed by atoms with E-state index < -0.39 is 12.0 Å². The Morgan fingerprint density at radius 3 is 2.80 bits per heavy atom. The van der Waals surface area contributed by atoms with E-state index in [1.54, 1.807) is 13.0 Å². The van der Waals surface area contributed by atoms with E-state index in [0.29, 0.717) is 10.0 Å². The Kier molecular flexibility index (Phi) is 3.82. The average Bonchev–Trinajstić information content (AvgIpc) is 2.18. The van der Waals surface area contributed by atoms with Gasteiger partial charge in [-0.1, -0.05) is 6.07 Å². The topological polar surface area (TPSA) is 63.3 Å². The van der Waals surface area contributed by atoms with E-state index in [1.807, 2.05) is 0 Å². The number of aliphatic carboxylic acids is 1. The lowest BCUT2D eigenvalue weighted by Gasteiger charge is -2.11. The highest BCUT2D eigenvalue weighted by molar-refractivity contribution is 9.10. The monoisotopic (exact) mass is 275 g/mol. The molecule has 15 heavy (non-hydrogen) atoms. The van der Waals surface area contributed by atoms with E-state index in [9.17, 15) is 9.18 Å². The predicted molar refractivity (Wildman–Crippen MR) is 58.2 cm³/mol. The number of benzene rings is 1. The maximum atomic E-state index is 13.1. The van der Waals surface area contributed by atoms with E-state index in [-0.39, 0.29) is 12.2 Å². The van der Waals surface area contributed by atoms with Gasteiger partial charge in [-0.3, -0.25) is 4.79 Å². The van der Waals surface area contributed by atoms with Crippen molar-refractivity contribution in [2.24, 2.45) is 5.73 Å². The molecule has 0 saturated heterocycles. The van der Waals surface area contributed by atoms with Gasteiger partial charge in [0.05, 0.1) is 4.47 Å². The molecule has 0 amide bonds. The van der Waals surface area contributed by atoms with Crippen molar-refractivity contribution >= 4 is 21.9 Å². The van der Waals surface area contributed by atoms with Crippen LogP contribution < -0.4 is 5.73 Å². The third-order valence-corrected chi connectivity index (χ3v) is 3.18. The summed E-state index contributed by atoms with van der Waals surface area (Å²) in [6.45, 7) is 1.72. The number of halogens is 2. The number of carbonyl (C=O) groups is 1. The van der Waals surface area contributed by atoms with Crippen molar-refractivity contribution in [2.75, 3.05) is 0 Å². The minimum absolute atomic E-state index is 0.194. The van der Waals surface area contributed by atoms with Crippen LogP contribution in [0.1, 0.15) is 11.1 Å². The van der Waals surface area contributed by atoms with Gasteiger partial charge in [-0.15, -0.1) is 0 Å². The number of nitrogens with two attached hydrogens (primary N) is 1. The Balaban J connectivity index is 2.97. The van der Waals surface area contributed by atoms with Crippen LogP contribution in [0.4, 0.5) is 4.39 Å². The van der Waals surface area contributed by atoms with Crippen LogP contribution in [0.2, 0.25) is 0 Å². The Morgan fingerprint density at radius 1 is 1.67 bits per heavy atom. The zero-order chi connectivity index (χ0) is 11.6. The van der Waals surface area contributed by atoms with Crippen LogP contribution in [0.5, 0.6) is 0 Å². The number of carboxylic acid groups (broad SMARTS) is 1. The lowest BCUT2D eigenvalue weighted by atomic mass is 10.0. The van der Waals surface area contributed by atoms with Crippen molar-refractivity contribution in [2.45, 2.75) is 19.4 Å². The molecule has 3 N–H and O–H groups in total. The first-order valence-electron chi connectivity index (χ1n) is 4.35. The van der Waals surface area contributed by atoms with Crippen LogP contribution in [-0.2, 0) is 11.2 Å². The second-order valence-electron chi connectivity index (χ2n) is 3.29. The zero-order valence-electron chi connectivity index (χ0n) is 8.13. The highest BCUT2D eigenvalue weighted by atomic mass is 79.9. The molecule has 0 aliphatic rings. The van der Waals surface area contributed by atoms with E-state index in [1.165, 1.54) is 6.07 Å². The molecule has 0 saturated carbocycles.